The van der Waals surface area contributed by atoms with E-state index in [2.05, 4.69) is 32.2 Å². The van der Waals surface area contributed by atoms with Crippen molar-refractivity contribution in [3.8, 4) is 0 Å². The average Bonchev–Trinajstić information content (AvgIpc) is 3.10. The molecule has 2 aliphatic heterocycles. The van der Waals surface area contributed by atoms with Gasteiger partial charge in [0.15, 0.2) is 0 Å². The van der Waals surface area contributed by atoms with Crippen molar-refractivity contribution < 1.29 is 9.84 Å². The van der Waals surface area contributed by atoms with Gasteiger partial charge in [-0.1, -0.05) is 6.07 Å². The number of hydrogen-bond acceptors (Lipinski definition) is 6. The molecule has 1 aromatic rings. The van der Waals surface area contributed by atoms with Gasteiger partial charge in [-0.25, -0.2) is 4.98 Å². The van der Waals surface area contributed by atoms with E-state index in [1.165, 1.54) is 12.8 Å². The summed E-state index contributed by atoms with van der Waals surface area (Å²) in [6, 6.07) is 4.23. The van der Waals surface area contributed by atoms with Crippen LogP contribution in [0.15, 0.2) is 18.3 Å². The zero-order valence-electron chi connectivity index (χ0n) is 14.7. The van der Waals surface area contributed by atoms with Crippen molar-refractivity contribution in [2.24, 2.45) is 0 Å². The smallest absolute Gasteiger partial charge is 0.128 e. The van der Waals surface area contributed by atoms with Gasteiger partial charge in [-0.15, -0.1) is 0 Å². The summed E-state index contributed by atoms with van der Waals surface area (Å²) < 4.78 is 5.35. The molecule has 0 aromatic carbocycles. The average molecular weight is 334 g/mol. The molecule has 24 heavy (non-hydrogen) atoms. The molecule has 2 saturated heterocycles. The molecule has 0 amide bonds. The summed E-state index contributed by atoms with van der Waals surface area (Å²) in [4.78, 5) is 9.17. The summed E-state index contributed by atoms with van der Waals surface area (Å²) in [6.07, 6.45) is 4.48. The van der Waals surface area contributed by atoms with Crippen molar-refractivity contribution in [3.05, 3.63) is 23.9 Å². The highest BCUT2D eigenvalue weighted by molar-refractivity contribution is 5.40. The maximum atomic E-state index is 10.6. The number of β-amino-alcohol motifs (C(OH)–C–C–N with tert-alkyl or cyclic N) is 1. The topological polar surface area (TPSA) is 60.9 Å². The van der Waals surface area contributed by atoms with E-state index < -0.39 is 5.60 Å². The molecule has 2 N–H and O–H groups in total. The van der Waals surface area contributed by atoms with E-state index in [1.807, 2.05) is 13.1 Å². The monoisotopic (exact) mass is 334 g/mol. The van der Waals surface area contributed by atoms with Gasteiger partial charge >= 0.3 is 0 Å². The Kier molecular flexibility index (Phi) is 6.05. The van der Waals surface area contributed by atoms with E-state index in [0.29, 0.717) is 13.1 Å². The van der Waals surface area contributed by atoms with Crippen LogP contribution in [0, 0.1) is 0 Å². The molecule has 2 fully saturated rings. The number of pyridine rings is 1. The van der Waals surface area contributed by atoms with Crippen LogP contribution in [0.3, 0.4) is 0 Å². The second-order valence-electron chi connectivity index (χ2n) is 7.21. The van der Waals surface area contributed by atoms with Gasteiger partial charge in [0.1, 0.15) is 5.82 Å². The molecule has 6 nitrogen and oxygen atoms in total. The fourth-order valence-electron chi connectivity index (χ4n) is 3.43. The molecule has 2 aliphatic rings. The maximum absolute atomic E-state index is 10.6. The van der Waals surface area contributed by atoms with Crippen molar-refractivity contribution >= 4 is 5.82 Å². The Morgan fingerprint density at radius 1 is 1.21 bits per heavy atom. The Balaban J connectivity index is 1.41. The van der Waals surface area contributed by atoms with Gasteiger partial charge in [0.2, 0.25) is 0 Å². The Bertz CT molecular complexity index is 494. The molecule has 0 radical (unpaired) electrons. The molecule has 1 aromatic heterocycles. The number of ether oxygens (including phenoxy) is 1. The van der Waals surface area contributed by atoms with Crippen LogP contribution in [0.25, 0.3) is 0 Å². The number of rotatable bonds is 7. The first-order chi connectivity index (χ1) is 11.6. The molecule has 3 rings (SSSR count). The lowest BCUT2D eigenvalue weighted by atomic mass is 10.1. The molecule has 1 atom stereocenters. The minimum absolute atomic E-state index is 0.568. The Hall–Kier alpha value is -1.21. The van der Waals surface area contributed by atoms with Crippen molar-refractivity contribution in [2.45, 2.75) is 31.9 Å². The van der Waals surface area contributed by atoms with E-state index in [4.69, 9.17) is 4.74 Å². The van der Waals surface area contributed by atoms with Gasteiger partial charge in [0.05, 0.1) is 18.8 Å². The van der Waals surface area contributed by atoms with Gasteiger partial charge < -0.3 is 20.1 Å². The van der Waals surface area contributed by atoms with Crippen molar-refractivity contribution in [1.29, 1.82) is 0 Å². The summed E-state index contributed by atoms with van der Waals surface area (Å²) in [6.45, 7) is 9.43. The number of hydrogen-bond donors (Lipinski definition) is 2. The number of morpholine rings is 1. The largest absolute Gasteiger partial charge is 0.388 e. The summed E-state index contributed by atoms with van der Waals surface area (Å²) in [5.41, 5.74) is 0.417. The molecule has 134 valence electrons. The van der Waals surface area contributed by atoms with E-state index >= 15 is 0 Å². The van der Waals surface area contributed by atoms with Crippen LogP contribution >= 0.6 is 0 Å². The lowest BCUT2D eigenvalue weighted by Gasteiger charge is -2.34. The van der Waals surface area contributed by atoms with Crippen molar-refractivity contribution in [1.82, 2.24) is 15.2 Å². The summed E-state index contributed by atoms with van der Waals surface area (Å²) >= 11 is 0. The first kappa shape index (κ1) is 17.6. The van der Waals surface area contributed by atoms with Gasteiger partial charge in [0, 0.05) is 52.0 Å². The van der Waals surface area contributed by atoms with Crippen molar-refractivity contribution in [2.75, 3.05) is 57.4 Å². The lowest BCUT2D eigenvalue weighted by molar-refractivity contribution is -0.0219. The first-order valence-corrected chi connectivity index (χ1v) is 9.05. The van der Waals surface area contributed by atoms with Crippen LogP contribution in [-0.2, 0) is 11.3 Å². The minimum Gasteiger partial charge on any atom is -0.388 e. The standard InChI is InChI=1S/C18H30N4O2/c1-18(23,15-21-8-10-24-11-9-21)14-19-12-16-4-5-17(20-13-16)22-6-2-3-7-22/h4-5,13,19,23H,2-3,6-12,14-15H2,1H3. The van der Waals surface area contributed by atoms with Crippen LogP contribution in [0.1, 0.15) is 25.3 Å². The SMILES string of the molecule is CC(O)(CNCc1ccc(N2CCCC2)nc1)CN1CCOCC1. The fraction of sp³-hybridized carbons (Fsp3) is 0.722. The highest BCUT2D eigenvalue weighted by atomic mass is 16.5. The van der Waals surface area contributed by atoms with Crippen LogP contribution in [0.5, 0.6) is 0 Å². The summed E-state index contributed by atoms with van der Waals surface area (Å²) in [7, 11) is 0. The highest BCUT2D eigenvalue weighted by Crippen LogP contribution is 2.17. The van der Waals surface area contributed by atoms with E-state index in [0.717, 1.165) is 57.3 Å². The normalized spacial score (nSPS) is 21.8. The zero-order chi connectivity index (χ0) is 16.8. The molecular weight excluding hydrogens is 304 g/mol. The highest BCUT2D eigenvalue weighted by Gasteiger charge is 2.24. The second kappa shape index (κ2) is 8.25. The molecule has 1 unspecified atom stereocenters. The molecule has 3 heterocycles. The quantitative estimate of drug-likeness (QED) is 0.771. The Labute approximate surface area is 144 Å². The molecule has 0 bridgehead atoms. The third-order valence-electron chi connectivity index (χ3n) is 4.74. The minimum atomic E-state index is -0.736. The summed E-state index contributed by atoms with van der Waals surface area (Å²) in [5.74, 6) is 1.08. The van der Waals surface area contributed by atoms with Gasteiger partial charge in [0.25, 0.3) is 0 Å². The Morgan fingerprint density at radius 3 is 2.62 bits per heavy atom. The first-order valence-electron chi connectivity index (χ1n) is 9.05. The molecule has 0 aliphatic carbocycles. The third kappa shape index (κ3) is 5.14. The number of aliphatic hydroxyl groups is 1. The summed E-state index contributed by atoms with van der Waals surface area (Å²) in [5, 5.41) is 13.9. The maximum Gasteiger partial charge on any atom is 0.128 e. The van der Waals surface area contributed by atoms with E-state index in [9.17, 15) is 5.11 Å². The third-order valence-corrected chi connectivity index (χ3v) is 4.74. The zero-order valence-corrected chi connectivity index (χ0v) is 14.7. The van der Waals surface area contributed by atoms with Crippen LogP contribution in [0.4, 0.5) is 5.82 Å². The Morgan fingerprint density at radius 2 is 1.96 bits per heavy atom. The van der Waals surface area contributed by atoms with Crippen LogP contribution < -0.4 is 10.2 Å². The predicted octanol–water partition coefficient (Wildman–Crippen LogP) is 0.855. The van der Waals surface area contributed by atoms with E-state index in [-0.39, 0.29) is 0 Å². The fourth-order valence-corrected chi connectivity index (χ4v) is 3.43. The number of anilines is 1. The van der Waals surface area contributed by atoms with Gasteiger partial charge in [-0.05, 0) is 31.4 Å². The van der Waals surface area contributed by atoms with Crippen molar-refractivity contribution in [3.63, 3.8) is 0 Å². The van der Waals surface area contributed by atoms with Crippen LogP contribution in [0.2, 0.25) is 0 Å². The molecule has 6 heteroatoms. The molecular formula is C18H30N4O2. The van der Waals surface area contributed by atoms with Gasteiger partial charge in [-0.3, -0.25) is 4.90 Å². The number of nitrogens with one attached hydrogen (secondary N) is 1. The lowest BCUT2D eigenvalue weighted by Crippen LogP contribution is -2.50. The molecule has 0 spiro atoms. The second-order valence-corrected chi connectivity index (χ2v) is 7.21. The number of aromatic nitrogens is 1. The predicted molar refractivity (Wildman–Crippen MR) is 95.3 cm³/mol. The van der Waals surface area contributed by atoms with E-state index in [1.54, 1.807) is 0 Å². The molecule has 0 saturated carbocycles. The van der Waals surface area contributed by atoms with Crippen LogP contribution in [-0.4, -0.2) is 73.1 Å². The number of nitrogens with zero attached hydrogens (tertiary/aromatic N) is 3. The van der Waals surface area contributed by atoms with Gasteiger partial charge in [-0.2, -0.15) is 0 Å².